The summed E-state index contributed by atoms with van der Waals surface area (Å²) in [6.07, 6.45) is 0. The second-order valence-electron chi connectivity index (χ2n) is 5.44. The Morgan fingerprint density at radius 1 is 1.08 bits per heavy atom. The van der Waals surface area contributed by atoms with E-state index in [-0.39, 0.29) is 6.79 Å². The molecule has 0 aliphatic carbocycles. The van der Waals surface area contributed by atoms with Gasteiger partial charge in [-0.05, 0) is 30.3 Å². The van der Waals surface area contributed by atoms with Crippen molar-refractivity contribution in [2.24, 2.45) is 0 Å². The van der Waals surface area contributed by atoms with E-state index in [1.54, 1.807) is 14.2 Å². The molecule has 8 nitrogen and oxygen atoms in total. The average Bonchev–Trinajstić information content (AvgIpc) is 3.29. The van der Waals surface area contributed by atoms with E-state index in [0.717, 1.165) is 22.5 Å². The van der Waals surface area contributed by atoms with E-state index in [2.05, 4.69) is 15.4 Å². The molecule has 0 saturated heterocycles. The lowest BCUT2D eigenvalue weighted by atomic mass is 10.0. The van der Waals surface area contributed by atoms with Gasteiger partial charge < -0.3 is 24.7 Å². The number of nitrogen functional groups attached to an aromatic ring is 1. The standard InChI is InChI=1S/C17H16N4O4/c1-22-12-4-3-9(5-11(12)18)15-16(20-21-19-15)10-6-13(23-2)17-14(7-10)24-8-25-17/h3-7H,8,18H2,1-2H3,(H,19,20,21)/p+1. The van der Waals surface area contributed by atoms with Crippen LogP contribution in [0.1, 0.15) is 0 Å². The molecular weight excluding hydrogens is 324 g/mol. The molecule has 0 atom stereocenters. The van der Waals surface area contributed by atoms with Crippen LogP contribution in [0.3, 0.4) is 0 Å². The molecule has 0 bridgehead atoms. The molecule has 0 amide bonds. The number of rotatable bonds is 4. The Balaban J connectivity index is 1.82. The van der Waals surface area contributed by atoms with E-state index in [9.17, 15) is 0 Å². The predicted molar refractivity (Wildman–Crippen MR) is 89.7 cm³/mol. The van der Waals surface area contributed by atoms with Gasteiger partial charge in [-0.2, -0.15) is 5.10 Å². The number of hydrogen-bond donors (Lipinski definition) is 2. The largest absolute Gasteiger partial charge is 0.495 e. The molecule has 1 aliphatic rings. The fourth-order valence-electron chi connectivity index (χ4n) is 2.83. The van der Waals surface area contributed by atoms with Gasteiger partial charge in [-0.1, -0.05) is 5.21 Å². The van der Waals surface area contributed by atoms with Crippen molar-refractivity contribution >= 4 is 5.69 Å². The summed E-state index contributed by atoms with van der Waals surface area (Å²) in [4.78, 5) is 0. The topological polar surface area (TPSA) is 106 Å². The minimum atomic E-state index is 0.173. The maximum atomic E-state index is 6.02. The van der Waals surface area contributed by atoms with Crippen LogP contribution >= 0.6 is 0 Å². The highest BCUT2D eigenvalue weighted by molar-refractivity contribution is 5.80. The zero-order chi connectivity index (χ0) is 17.4. The molecule has 2 heterocycles. The van der Waals surface area contributed by atoms with Crippen LogP contribution in [0.2, 0.25) is 0 Å². The fraction of sp³-hybridized carbons (Fsp3) is 0.176. The van der Waals surface area contributed by atoms with Crippen molar-refractivity contribution in [2.45, 2.75) is 0 Å². The van der Waals surface area contributed by atoms with Crippen LogP contribution in [0.15, 0.2) is 30.3 Å². The lowest BCUT2D eigenvalue weighted by Crippen LogP contribution is -2.05. The van der Waals surface area contributed by atoms with Gasteiger partial charge >= 0.3 is 0 Å². The molecule has 0 radical (unpaired) electrons. The molecule has 128 valence electrons. The first-order valence-corrected chi connectivity index (χ1v) is 7.59. The van der Waals surface area contributed by atoms with Crippen molar-refractivity contribution in [2.75, 3.05) is 26.7 Å². The van der Waals surface area contributed by atoms with Gasteiger partial charge in [0.2, 0.25) is 18.2 Å². The molecule has 4 N–H and O–H groups in total. The van der Waals surface area contributed by atoms with Crippen LogP contribution in [0.4, 0.5) is 5.69 Å². The second kappa shape index (κ2) is 5.90. The van der Waals surface area contributed by atoms with E-state index in [1.807, 2.05) is 30.3 Å². The van der Waals surface area contributed by atoms with Gasteiger partial charge in [-0.25, -0.2) is 0 Å². The van der Waals surface area contributed by atoms with Crippen molar-refractivity contribution in [3.05, 3.63) is 30.3 Å². The van der Waals surface area contributed by atoms with Crippen LogP contribution in [0.25, 0.3) is 22.5 Å². The van der Waals surface area contributed by atoms with Crippen LogP contribution < -0.4 is 29.8 Å². The van der Waals surface area contributed by atoms with Crippen LogP contribution in [-0.2, 0) is 0 Å². The fourth-order valence-corrected chi connectivity index (χ4v) is 2.83. The van der Waals surface area contributed by atoms with Crippen LogP contribution in [0.5, 0.6) is 23.0 Å². The minimum Gasteiger partial charge on any atom is -0.495 e. The number of ether oxygens (including phenoxy) is 4. The Bertz CT molecular complexity index is 938. The number of nitrogens with two attached hydrogens (primary N) is 1. The summed E-state index contributed by atoms with van der Waals surface area (Å²) in [5.41, 5.74) is 9.75. The summed E-state index contributed by atoms with van der Waals surface area (Å²) in [7, 11) is 3.17. The van der Waals surface area contributed by atoms with Crippen molar-refractivity contribution in [1.82, 2.24) is 10.3 Å². The van der Waals surface area contributed by atoms with E-state index in [1.165, 1.54) is 0 Å². The summed E-state index contributed by atoms with van der Waals surface area (Å²) >= 11 is 0. The number of methoxy groups -OCH3 is 2. The molecule has 3 aromatic rings. The SMILES string of the molecule is COc1ccc(-c2n[nH][nH+]c2-c2cc(OC)c3c(c2)OCO3)cc1N. The molecular formula is C17H17N4O4+. The Labute approximate surface area is 143 Å². The molecule has 8 heteroatoms. The molecule has 4 rings (SSSR count). The Kier molecular flexibility index (Phi) is 3.57. The lowest BCUT2D eigenvalue weighted by Gasteiger charge is -2.07. The number of fused-ring (bicyclic) bond motifs is 1. The maximum Gasteiger partial charge on any atom is 0.256 e. The van der Waals surface area contributed by atoms with Gasteiger partial charge in [-0.15, -0.1) is 0 Å². The third-order valence-electron chi connectivity index (χ3n) is 4.04. The van der Waals surface area contributed by atoms with Gasteiger partial charge in [0.1, 0.15) is 5.75 Å². The van der Waals surface area contributed by atoms with E-state index in [4.69, 9.17) is 24.7 Å². The monoisotopic (exact) mass is 341 g/mol. The number of hydrogen-bond acceptors (Lipinski definition) is 6. The summed E-state index contributed by atoms with van der Waals surface area (Å²) in [5.74, 6) is 2.45. The van der Waals surface area contributed by atoms with E-state index < -0.39 is 0 Å². The molecule has 2 aromatic carbocycles. The van der Waals surface area contributed by atoms with Gasteiger partial charge in [-0.3, -0.25) is 0 Å². The normalized spacial score (nSPS) is 12.2. The maximum absolute atomic E-state index is 6.02. The smallest absolute Gasteiger partial charge is 0.256 e. The van der Waals surface area contributed by atoms with Gasteiger partial charge in [0.15, 0.2) is 11.5 Å². The van der Waals surface area contributed by atoms with Crippen molar-refractivity contribution < 1.29 is 24.0 Å². The number of aromatic amines is 2. The van der Waals surface area contributed by atoms with Gasteiger partial charge in [0.05, 0.1) is 19.9 Å². The first kappa shape index (κ1) is 15.1. The first-order chi connectivity index (χ1) is 12.2. The molecule has 1 aliphatic heterocycles. The Morgan fingerprint density at radius 3 is 2.68 bits per heavy atom. The highest BCUT2D eigenvalue weighted by Gasteiger charge is 2.26. The number of aromatic nitrogens is 3. The summed E-state index contributed by atoms with van der Waals surface area (Å²) in [6, 6.07) is 9.26. The summed E-state index contributed by atoms with van der Waals surface area (Å²) in [5, 5.41) is 10.2. The number of nitrogens with one attached hydrogen (secondary N) is 2. The molecule has 0 unspecified atom stereocenters. The number of benzene rings is 2. The van der Waals surface area contributed by atoms with Gasteiger partial charge in [0, 0.05) is 16.2 Å². The van der Waals surface area contributed by atoms with Crippen LogP contribution in [0, 0.1) is 0 Å². The van der Waals surface area contributed by atoms with Crippen molar-refractivity contribution in [3.63, 3.8) is 0 Å². The Morgan fingerprint density at radius 2 is 1.92 bits per heavy atom. The summed E-state index contributed by atoms with van der Waals surface area (Å²) in [6.45, 7) is 0.173. The summed E-state index contributed by atoms with van der Waals surface area (Å²) < 4.78 is 21.5. The highest BCUT2D eigenvalue weighted by Crippen LogP contribution is 2.44. The third kappa shape index (κ3) is 2.47. The zero-order valence-corrected chi connectivity index (χ0v) is 13.8. The predicted octanol–water partition coefficient (Wildman–Crippen LogP) is 1.89. The van der Waals surface area contributed by atoms with E-state index >= 15 is 0 Å². The molecule has 0 spiro atoms. The van der Waals surface area contributed by atoms with Gasteiger partial charge in [0.25, 0.3) is 5.69 Å². The highest BCUT2D eigenvalue weighted by atomic mass is 16.7. The first-order valence-electron chi connectivity index (χ1n) is 7.59. The van der Waals surface area contributed by atoms with Crippen molar-refractivity contribution in [1.29, 1.82) is 0 Å². The van der Waals surface area contributed by atoms with Crippen LogP contribution in [-0.4, -0.2) is 31.3 Å². The minimum absolute atomic E-state index is 0.173. The molecule has 0 fully saturated rings. The second-order valence-corrected chi connectivity index (χ2v) is 5.44. The van der Waals surface area contributed by atoms with Crippen molar-refractivity contribution in [3.8, 4) is 45.5 Å². The average molecular weight is 341 g/mol. The number of anilines is 1. The molecule has 1 aromatic heterocycles. The number of nitrogens with zero attached hydrogens (tertiary/aromatic N) is 1. The number of H-pyrrole nitrogens is 2. The third-order valence-corrected chi connectivity index (χ3v) is 4.04. The molecule has 25 heavy (non-hydrogen) atoms. The quantitative estimate of drug-likeness (QED) is 0.702. The molecule has 0 saturated carbocycles. The van der Waals surface area contributed by atoms with E-state index in [0.29, 0.717) is 28.7 Å². The lowest BCUT2D eigenvalue weighted by molar-refractivity contribution is -0.443. The Hall–Kier alpha value is -3.42. The zero-order valence-electron chi connectivity index (χ0n) is 13.8.